The van der Waals surface area contributed by atoms with Gasteiger partial charge in [-0.15, -0.1) is 102 Å². The Morgan fingerprint density at radius 3 is 0.639 bits per heavy atom. The van der Waals surface area contributed by atoms with Crippen LogP contribution in [0.15, 0.2) is 182 Å². The van der Waals surface area contributed by atoms with Gasteiger partial charge < -0.3 is 85.3 Å². The highest BCUT2D eigenvalue weighted by atomic mass is 32.1. The zero-order valence-electron chi connectivity index (χ0n) is 88.6. The van der Waals surface area contributed by atoms with Crippen molar-refractivity contribution in [1.82, 2.24) is 0 Å². The van der Waals surface area contributed by atoms with Gasteiger partial charge >= 0.3 is 11.9 Å². The second-order valence-electron chi connectivity index (χ2n) is 36.3. The van der Waals surface area contributed by atoms with E-state index in [-0.39, 0.29) is 86.8 Å². The molecule has 17 rings (SSSR count). The van der Waals surface area contributed by atoms with Crippen LogP contribution in [0, 0.1) is 13.8 Å². The highest BCUT2D eigenvalue weighted by Gasteiger charge is 2.33. The second-order valence-corrected chi connectivity index (χ2v) is 45.8. The summed E-state index contributed by atoms with van der Waals surface area (Å²) in [5, 5.41) is 0. The Bertz CT molecular complexity index is 6940. The Morgan fingerprint density at radius 2 is 0.422 bits per heavy atom. The number of hydrogen-bond acceptors (Lipinski definition) is 29. The molecule has 0 aliphatic heterocycles. The van der Waals surface area contributed by atoms with Crippen LogP contribution in [0.5, 0.6) is 92.0 Å². The van der Waals surface area contributed by atoms with Crippen molar-refractivity contribution in [3.8, 4) is 185 Å². The SMILES string of the molecule is CCOC(=O)Cc1cc(-c2c(OC)cccc2OC(C)C)sc1-c1sc(-c2c(OC)cccc2OC(C)C)cc1CC(=O)OCC.COc1cccc(OC(C)C)c1-c1cc2sc(-c3c(OC)cccc3OC(C)C)cc2s1.COc1cccc(OC(C)C)c1-c1cc2sc3cc(-c4c(OC)cccc4OC(C)C)sc3c2s1.COc1cccc(OC(C)C)c1-c1sc2c(C)c(-c3c(OC)cccc3OC(C)C)sc2c1C. The summed E-state index contributed by atoms with van der Waals surface area (Å²) in [5.74, 6) is 12.0. The molecule has 0 saturated carbocycles. The first-order valence-electron chi connectivity index (χ1n) is 49.0. The Labute approximate surface area is 898 Å². The smallest absolute Gasteiger partial charge is 0.310 e. The number of ether oxygens (including phenoxy) is 18. The number of carbonyl (C=O) groups is 2. The van der Waals surface area contributed by atoms with Gasteiger partial charge in [-0.2, -0.15) is 0 Å². The molecule has 0 unspecified atom stereocenters. The number of thiophene rings is 9. The topological polar surface area (TPSA) is 200 Å². The molecule has 9 heterocycles. The van der Waals surface area contributed by atoms with Crippen LogP contribution in [0.2, 0.25) is 0 Å². The zero-order valence-corrected chi connectivity index (χ0v) is 96.0. The molecule has 0 atom stereocenters. The first-order chi connectivity index (χ1) is 70.6. The van der Waals surface area contributed by atoms with Gasteiger partial charge in [0.15, 0.2) is 0 Å². The Balaban J connectivity index is 0.000000156. The summed E-state index contributed by atoms with van der Waals surface area (Å²) in [6.07, 6.45) is 0.447. The molecular weight excluding hydrogens is 2030 g/mol. The average Bonchev–Trinajstić information content (AvgIpc) is 1.57. The van der Waals surface area contributed by atoms with Crippen molar-refractivity contribution in [3.05, 3.63) is 204 Å². The number of aryl methyl sites for hydroxylation is 2. The molecule has 8 aromatic carbocycles. The number of rotatable bonds is 39. The lowest BCUT2D eigenvalue weighted by Gasteiger charge is -2.17. The molecule has 0 radical (unpaired) electrons. The number of benzene rings is 8. The van der Waals surface area contributed by atoms with Gasteiger partial charge in [-0.25, -0.2) is 0 Å². The van der Waals surface area contributed by atoms with E-state index in [1.54, 1.807) is 139 Å². The number of esters is 2. The van der Waals surface area contributed by atoms with E-state index in [4.69, 9.17) is 85.3 Å². The monoisotopic (exact) mass is 2150 g/mol. The Kier molecular flexibility index (Phi) is 37.8. The van der Waals surface area contributed by atoms with Crippen molar-refractivity contribution in [3.63, 3.8) is 0 Å². The number of methoxy groups -OCH3 is 8. The molecule has 9 aromatic heterocycles. The van der Waals surface area contributed by atoms with Crippen molar-refractivity contribution in [2.45, 2.75) is 200 Å². The van der Waals surface area contributed by atoms with Gasteiger partial charge in [0.05, 0.1) is 186 Å². The number of carbonyl (C=O) groups excluding carboxylic acids is 2. The van der Waals surface area contributed by atoms with Crippen LogP contribution >= 0.6 is 102 Å². The molecule has 0 bridgehead atoms. The normalized spacial score (nSPS) is 11.4. The van der Waals surface area contributed by atoms with Crippen molar-refractivity contribution in [2.75, 3.05) is 70.1 Å². The fourth-order valence-corrected chi connectivity index (χ4v) is 29.2. The molecule has 0 spiro atoms. The van der Waals surface area contributed by atoms with Crippen molar-refractivity contribution < 1.29 is 94.9 Å². The summed E-state index contributed by atoms with van der Waals surface area (Å²) in [6, 6.07) is 60.2. The van der Waals surface area contributed by atoms with Gasteiger partial charge in [-0.05, 0) is 294 Å². The highest BCUT2D eigenvalue weighted by Crippen LogP contribution is 2.59. The van der Waals surface area contributed by atoms with Gasteiger partial charge in [0.25, 0.3) is 0 Å². The van der Waals surface area contributed by atoms with Crippen molar-refractivity contribution >= 4 is 152 Å². The number of hydrogen-bond donors (Lipinski definition) is 0. The molecular formula is C118H130O20S9. The predicted molar refractivity (Wildman–Crippen MR) is 614 cm³/mol. The molecule has 29 heteroatoms. The largest absolute Gasteiger partial charge is 0.496 e. The van der Waals surface area contributed by atoms with Crippen LogP contribution in [-0.4, -0.2) is 131 Å². The van der Waals surface area contributed by atoms with Crippen molar-refractivity contribution in [2.24, 2.45) is 0 Å². The van der Waals surface area contributed by atoms with Gasteiger partial charge in [-0.3, -0.25) is 9.59 Å². The van der Waals surface area contributed by atoms with Gasteiger partial charge in [-0.1, -0.05) is 48.5 Å². The van der Waals surface area contributed by atoms with Gasteiger partial charge in [0, 0.05) is 77.0 Å². The van der Waals surface area contributed by atoms with Gasteiger partial charge in [0.2, 0.25) is 0 Å². The van der Waals surface area contributed by atoms with E-state index in [2.05, 4.69) is 38.1 Å². The second kappa shape index (κ2) is 50.2. The molecule has 17 aromatic rings. The molecule has 147 heavy (non-hydrogen) atoms. The van der Waals surface area contributed by atoms with Crippen LogP contribution in [0.25, 0.3) is 131 Å². The molecule has 776 valence electrons. The number of fused-ring (bicyclic) bond motifs is 5. The molecule has 20 nitrogen and oxygen atoms in total. The van der Waals surface area contributed by atoms with Crippen LogP contribution in [0.4, 0.5) is 0 Å². The summed E-state index contributed by atoms with van der Waals surface area (Å²) in [7, 11) is 13.5. The van der Waals surface area contributed by atoms with Crippen LogP contribution in [0.3, 0.4) is 0 Å². The average molecular weight is 2160 g/mol. The Hall–Kier alpha value is -12.2. The van der Waals surface area contributed by atoms with E-state index in [0.717, 1.165) is 164 Å². The van der Waals surface area contributed by atoms with Crippen LogP contribution in [0.1, 0.15) is 147 Å². The quantitative estimate of drug-likeness (QED) is 0.0329. The maximum atomic E-state index is 12.9. The molecule has 0 amide bonds. The minimum absolute atomic E-state index is 0.0532. The van der Waals surface area contributed by atoms with Crippen LogP contribution < -0.4 is 75.8 Å². The van der Waals surface area contributed by atoms with Crippen LogP contribution in [-0.2, 0) is 31.9 Å². The minimum atomic E-state index is -0.340. The highest BCUT2D eigenvalue weighted by molar-refractivity contribution is 7.40. The van der Waals surface area contributed by atoms with E-state index in [0.29, 0.717) is 23.0 Å². The first kappa shape index (κ1) is 111. The summed E-state index contributed by atoms with van der Waals surface area (Å²) >= 11 is 15.5. The third kappa shape index (κ3) is 25.5. The molecule has 0 N–H and O–H groups in total. The molecule has 0 aliphatic rings. The minimum Gasteiger partial charge on any atom is -0.496 e. The Morgan fingerprint density at radius 1 is 0.224 bits per heavy atom. The van der Waals surface area contributed by atoms with Crippen molar-refractivity contribution in [1.29, 1.82) is 0 Å². The van der Waals surface area contributed by atoms with E-state index < -0.39 is 0 Å². The predicted octanol–water partition coefficient (Wildman–Crippen LogP) is 34.1. The van der Waals surface area contributed by atoms with Gasteiger partial charge in [0.1, 0.15) is 92.0 Å². The lowest BCUT2D eigenvalue weighted by atomic mass is 10.0. The van der Waals surface area contributed by atoms with E-state index in [1.165, 1.54) is 81.2 Å². The van der Waals surface area contributed by atoms with E-state index >= 15 is 0 Å². The summed E-state index contributed by atoms with van der Waals surface area (Å²) in [4.78, 5) is 36.2. The lowest BCUT2D eigenvalue weighted by Crippen LogP contribution is -2.08. The lowest BCUT2D eigenvalue weighted by molar-refractivity contribution is -0.143. The third-order valence-electron chi connectivity index (χ3n) is 22.6. The zero-order chi connectivity index (χ0) is 105. The molecule has 0 aliphatic carbocycles. The third-order valence-corrected chi connectivity index (χ3v) is 34.3. The van der Waals surface area contributed by atoms with E-state index in [1.807, 2.05) is 280 Å². The maximum Gasteiger partial charge on any atom is 0.310 e. The summed E-state index contributed by atoms with van der Waals surface area (Å²) in [5.41, 5.74) is 11.7. The molecule has 0 saturated heterocycles. The molecule has 0 fully saturated rings. The fourth-order valence-electron chi connectivity index (χ4n) is 16.9. The standard InChI is InChI=1S/C36H42O8S2.C28H28O4S3.C28H32O4S2.C26H28O4S2/c1-9-41-31(37)19-23-17-29(33-25(39-7)13-11-15-27(33)43-21(3)4)45-35(23)36-24(20-32(38)42-10-2)18-30(46-36)34-26(40-8)14-12-16-28(34)44-22(5)6;1-15(2)31-19-11-7-9-17(29-5)25(19)21-13-23-27(34-21)28-24(33-23)14-22(35-28)26-18(30-6)10-8-12-20(26)32-16(3)4;1-15(2)31-21-13-9-11-19(29-7)23(21)25-17(5)27-28(33-25)18(6)26(34-27)24-20(30-8)12-10-14-22(24)32-16(3)4;1-15(2)29-19-11-7-9-17(27-5)25(19)23-13-21-22(31-23)14-24(32-21)26-18(28-6)10-8-12-20(26)30-16(3)4/h11-18,21-22H,9-10,19-20H2,1-8H3;7-16H,1-6H3;9-16H,1-8H3;7-16H,1-6H3. The van der Waals surface area contributed by atoms with E-state index in [9.17, 15) is 9.59 Å². The fraction of sp³-hybridized carbons (Fsp3) is 0.339. The summed E-state index contributed by atoms with van der Waals surface area (Å²) in [6.45, 7) is 40.9. The first-order valence-corrected chi connectivity index (χ1v) is 56.3. The summed E-state index contributed by atoms with van der Waals surface area (Å²) < 4.78 is 116. The maximum absolute atomic E-state index is 12.9.